The van der Waals surface area contributed by atoms with Crippen molar-refractivity contribution in [3.63, 3.8) is 0 Å². The van der Waals surface area contributed by atoms with Crippen molar-refractivity contribution in [2.75, 3.05) is 19.1 Å². The first kappa shape index (κ1) is 7.85. The quantitative estimate of drug-likeness (QED) is 0.621. The summed E-state index contributed by atoms with van der Waals surface area (Å²) in [6, 6.07) is 5.64. The fraction of sp³-hybridized carbons (Fsp3) is 0.375. The number of aryl methyl sites for hydroxylation is 1. The molecule has 1 N–H and O–H groups in total. The molecule has 1 rings (SSSR count). The molecular formula is C8H13N3. The average molecular weight is 151 g/mol. The molecule has 1 heterocycles. The molecule has 0 aliphatic carbocycles. The number of nitrogens with zero attached hydrogens (tertiary/aromatic N) is 2. The Balaban J connectivity index is 3.33. The Morgan fingerprint density at radius 3 is 2.36 bits per heavy atom. The van der Waals surface area contributed by atoms with E-state index in [0.717, 1.165) is 5.69 Å². The number of hydrogen-bond donors (Lipinski definition) is 1. The van der Waals surface area contributed by atoms with E-state index in [9.17, 15) is 0 Å². The maximum absolute atomic E-state index is 7.56. The van der Waals surface area contributed by atoms with Crippen molar-refractivity contribution in [2.45, 2.75) is 6.92 Å². The summed E-state index contributed by atoms with van der Waals surface area (Å²) in [7, 11) is 3.84. The molecule has 60 valence electrons. The fourth-order valence-electron chi connectivity index (χ4n) is 1.14. The molecule has 0 aromatic carbocycles. The van der Waals surface area contributed by atoms with Gasteiger partial charge in [-0.25, -0.2) is 4.68 Å². The standard InChI is InChI=1S/C8H13N3/c1-7-5-4-6-8(9)11(7)10(2)3/h4-6,9H,1-3H3. The Bertz CT molecular complexity index is 298. The van der Waals surface area contributed by atoms with E-state index in [4.69, 9.17) is 5.41 Å². The number of pyridine rings is 1. The van der Waals surface area contributed by atoms with Gasteiger partial charge in [0.2, 0.25) is 0 Å². The predicted octanol–water partition coefficient (Wildman–Crippen LogP) is 0.474. The first-order chi connectivity index (χ1) is 5.13. The minimum atomic E-state index is 0.509. The van der Waals surface area contributed by atoms with Crippen molar-refractivity contribution in [1.29, 1.82) is 5.41 Å². The second-order valence-corrected chi connectivity index (χ2v) is 2.71. The van der Waals surface area contributed by atoms with Gasteiger partial charge in [-0.2, -0.15) is 0 Å². The van der Waals surface area contributed by atoms with Crippen LogP contribution in [0.3, 0.4) is 0 Å². The Morgan fingerprint density at radius 1 is 1.36 bits per heavy atom. The SMILES string of the molecule is Cc1cccc(=N)n1N(C)C. The maximum atomic E-state index is 7.56. The molecule has 0 fully saturated rings. The van der Waals surface area contributed by atoms with Crippen molar-refractivity contribution in [3.05, 3.63) is 29.4 Å². The van der Waals surface area contributed by atoms with E-state index in [2.05, 4.69) is 0 Å². The molecule has 0 atom stereocenters. The maximum Gasteiger partial charge on any atom is 0.143 e. The number of nitrogens with one attached hydrogen (secondary N) is 1. The number of aromatic nitrogens is 1. The molecule has 0 bridgehead atoms. The lowest BCUT2D eigenvalue weighted by atomic mass is 10.4. The van der Waals surface area contributed by atoms with Crippen LogP contribution in [0.2, 0.25) is 0 Å². The van der Waals surface area contributed by atoms with Crippen molar-refractivity contribution in [2.24, 2.45) is 0 Å². The summed E-state index contributed by atoms with van der Waals surface area (Å²) in [6.07, 6.45) is 0. The van der Waals surface area contributed by atoms with Gasteiger partial charge in [0.15, 0.2) is 0 Å². The molecule has 0 unspecified atom stereocenters. The van der Waals surface area contributed by atoms with Gasteiger partial charge in [-0.05, 0) is 19.1 Å². The molecule has 11 heavy (non-hydrogen) atoms. The minimum Gasteiger partial charge on any atom is -0.317 e. The van der Waals surface area contributed by atoms with E-state index in [1.165, 1.54) is 0 Å². The van der Waals surface area contributed by atoms with Crippen LogP contribution in [0.5, 0.6) is 0 Å². The van der Waals surface area contributed by atoms with Crippen LogP contribution in [0.1, 0.15) is 5.69 Å². The van der Waals surface area contributed by atoms with Crippen molar-refractivity contribution < 1.29 is 0 Å². The van der Waals surface area contributed by atoms with E-state index < -0.39 is 0 Å². The summed E-state index contributed by atoms with van der Waals surface area (Å²) < 4.78 is 1.83. The highest BCUT2D eigenvalue weighted by molar-refractivity contribution is 5.05. The van der Waals surface area contributed by atoms with Crippen LogP contribution in [0.15, 0.2) is 18.2 Å². The summed E-state index contributed by atoms with van der Waals surface area (Å²) in [5, 5.41) is 9.45. The van der Waals surface area contributed by atoms with Gasteiger partial charge in [-0.1, -0.05) is 6.07 Å². The van der Waals surface area contributed by atoms with E-state index in [-0.39, 0.29) is 0 Å². The summed E-state index contributed by atoms with van der Waals surface area (Å²) in [4.78, 5) is 0. The molecule has 0 aliphatic heterocycles. The van der Waals surface area contributed by atoms with E-state index >= 15 is 0 Å². The highest BCUT2D eigenvalue weighted by Gasteiger charge is 1.95. The molecule has 1 aromatic rings. The van der Waals surface area contributed by atoms with Gasteiger partial charge in [0.25, 0.3) is 0 Å². The molecular weight excluding hydrogens is 138 g/mol. The van der Waals surface area contributed by atoms with Gasteiger partial charge in [0.1, 0.15) is 5.49 Å². The zero-order valence-electron chi connectivity index (χ0n) is 7.13. The normalized spacial score (nSPS) is 9.73. The highest BCUT2D eigenvalue weighted by atomic mass is 15.5. The van der Waals surface area contributed by atoms with E-state index in [0.29, 0.717) is 5.49 Å². The average Bonchev–Trinajstić information content (AvgIpc) is 1.85. The van der Waals surface area contributed by atoms with Crippen LogP contribution in [-0.2, 0) is 0 Å². The second-order valence-electron chi connectivity index (χ2n) is 2.71. The van der Waals surface area contributed by atoms with E-state index in [1.807, 2.05) is 42.8 Å². The van der Waals surface area contributed by atoms with Crippen LogP contribution in [0, 0.1) is 12.3 Å². The van der Waals surface area contributed by atoms with Gasteiger partial charge in [-0.15, -0.1) is 0 Å². The monoisotopic (exact) mass is 151 g/mol. The first-order valence-corrected chi connectivity index (χ1v) is 3.54. The van der Waals surface area contributed by atoms with Crippen molar-refractivity contribution in [1.82, 2.24) is 4.68 Å². The third kappa shape index (κ3) is 1.42. The van der Waals surface area contributed by atoms with Crippen LogP contribution >= 0.6 is 0 Å². The Hall–Kier alpha value is -1.25. The Labute approximate surface area is 66.4 Å². The van der Waals surface area contributed by atoms with Gasteiger partial charge < -0.3 is 5.01 Å². The molecule has 1 aromatic heterocycles. The second kappa shape index (κ2) is 2.78. The molecule has 0 saturated carbocycles. The summed E-state index contributed by atoms with van der Waals surface area (Å²) in [5.74, 6) is 0. The third-order valence-electron chi connectivity index (χ3n) is 1.55. The predicted molar refractivity (Wildman–Crippen MR) is 45.1 cm³/mol. The topological polar surface area (TPSA) is 32.0 Å². The van der Waals surface area contributed by atoms with Gasteiger partial charge in [-0.3, -0.25) is 5.41 Å². The van der Waals surface area contributed by atoms with Crippen LogP contribution in [-0.4, -0.2) is 18.8 Å². The van der Waals surface area contributed by atoms with Crippen LogP contribution < -0.4 is 10.5 Å². The third-order valence-corrected chi connectivity index (χ3v) is 1.55. The minimum absolute atomic E-state index is 0.509. The van der Waals surface area contributed by atoms with Crippen molar-refractivity contribution in [3.8, 4) is 0 Å². The molecule has 0 saturated heterocycles. The van der Waals surface area contributed by atoms with Crippen LogP contribution in [0.25, 0.3) is 0 Å². The smallest absolute Gasteiger partial charge is 0.143 e. The van der Waals surface area contributed by atoms with Gasteiger partial charge >= 0.3 is 0 Å². The molecule has 0 amide bonds. The first-order valence-electron chi connectivity index (χ1n) is 3.54. The lowest BCUT2D eigenvalue weighted by Crippen LogP contribution is -2.36. The lowest BCUT2D eigenvalue weighted by Gasteiger charge is -2.19. The molecule has 0 aliphatic rings. The zero-order valence-corrected chi connectivity index (χ0v) is 7.13. The summed E-state index contributed by atoms with van der Waals surface area (Å²) in [5.41, 5.74) is 1.58. The zero-order chi connectivity index (χ0) is 8.43. The van der Waals surface area contributed by atoms with Crippen LogP contribution in [0.4, 0.5) is 0 Å². The molecule has 3 heteroatoms. The highest BCUT2D eigenvalue weighted by Crippen LogP contribution is 1.91. The largest absolute Gasteiger partial charge is 0.317 e. The van der Waals surface area contributed by atoms with E-state index in [1.54, 1.807) is 6.07 Å². The number of hydrogen-bond acceptors (Lipinski definition) is 2. The summed E-state index contributed by atoms with van der Waals surface area (Å²) in [6.45, 7) is 1.98. The molecule has 3 nitrogen and oxygen atoms in total. The fourth-order valence-corrected chi connectivity index (χ4v) is 1.14. The Kier molecular flexibility index (Phi) is 1.98. The van der Waals surface area contributed by atoms with Crippen molar-refractivity contribution >= 4 is 0 Å². The Morgan fingerprint density at radius 2 is 2.00 bits per heavy atom. The lowest BCUT2D eigenvalue weighted by molar-refractivity contribution is 0.657. The summed E-state index contributed by atoms with van der Waals surface area (Å²) >= 11 is 0. The molecule has 0 radical (unpaired) electrons. The van der Waals surface area contributed by atoms with Gasteiger partial charge in [0, 0.05) is 19.8 Å². The molecule has 0 spiro atoms. The number of rotatable bonds is 1. The van der Waals surface area contributed by atoms with Gasteiger partial charge in [0.05, 0.1) is 0 Å².